The van der Waals surface area contributed by atoms with Crippen LogP contribution in [0.3, 0.4) is 0 Å². The van der Waals surface area contributed by atoms with E-state index >= 15 is 0 Å². The minimum Gasteiger partial charge on any atom is -0.465 e. The molecule has 6 heteroatoms. The molecule has 3 heterocycles. The Morgan fingerprint density at radius 3 is 2.43 bits per heavy atom. The number of hydrogen-bond donors (Lipinski definition) is 0. The third kappa shape index (κ3) is 4.01. The van der Waals surface area contributed by atoms with E-state index in [0.29, 0.717) is 5.56 Å². The molecule has 0 saturated carbocycles. The van der Waals surface area contributed by atoms with Crippen molar-refractivity contribution in [3.63, 3.8) is 0 Å². The van der Waals surface area contributed by atoms with Gasteiger partial charge in [0.1, 0.15) is 5.76 Å². The Balaban J connectivity index is 1.72. The minimum atomic E-state index is -0.351. The molecule has 5 rings (SSSR count). The lowest BCUT2D eigenvalue weighted by Crippen LogP contribution is -2.08. The highest BCUT2D eigenvalue weighted by Gasteiger charge is 2.21. The van der Waals surface area contributed by atoms with Crippen LogP contribution in [0.4, 0.5) is 0 Å². The summed E-state index contributed by atoms with van der Waals surface area (Å²) < 4.78 is 12.6. The first kappa shape index (κ1) is 22.6. The van der Waals surface area contributed by atoms with Crippen molar-refractivity contribution in [3.05, 3.63) is 95.6 Å². The van der Waals surface area contributed by atoms with Crippen LogP contribution in [0.15, 0.2) is 77.6 Å². The number of esters is 1. The fourth-order valence-corrected chi connectivity index (χ4v) is 4.80. The van der Waals surface area contributed by atoms with Crippen LogP contribution in [0.2, 0.25) is 0 Å². The first-order valence-corrected chi connectivity index (χ1v) is 11.7. The average Bonchev–Trinajstić information content (AvgIpc) is 3.44. The number of benzene rings is 2. The normalized spacial score (nSPS) is 12.1. The Labute approximate surface area is 204 Å². The van der Waals surface area contributed by atoms with Gasteiger partial charge in [-0.05, 0) is 49.6 Å². The van der Waals surface area contributed by atoms with Crippen molar-refractivity contribution >= 4 is 17.0 Å². The molecule has 0 aliphatic carbocycles. The van der Waals surface area contributed by atoms with Gasteiger partial charge in [0, 0.05) is 29.1 Å². The minimum absolute atomic E-state index is 0.142. The van der Waals surface area contributed by atoms with Crippen molar-refractivity contribution in [2.24, 2.45) is 0 Å². The second kappa shape index (κ2) is 9.22. The summed E-state index contributed by atoms with van der Waals surface area (Å²) in [5, 5.41) is 4.13. The molecular formula is C29H27N3O3. The van der Waals surface area contributed by atoms with E-state index in [0.717, 1.165) is 51.2 Å². The molecule has 0 aliphatic rings. The summed E-state index contributed by atoms with van der Waals surface area (Å²) in [4.78, 5) is 16.8. The zero-order chi connectivity index (χ0) is 24.5. The topological polar surface area (TPSA) is 70.2 Å². The van der Waals surface area contributed by atoms with Crippen LogP contribution in [-0.4, -0.2) is 27.8 Å². The fourth-order valence-electron chi connectivity index (χ4n) is 4.80. The molecule has 3 aromatic heterocycles. The third-order valence-corrected chi connectivity index (χ3v) is 6.51. The van der Waals surface area contributed by atoms with Crippen molar-refractivity contribution in [1.29, 1.82) is 0 Å². The Morgan fingerprint density at radius 2 is 1.80 bits per heavy atom. The van der Waals surface area contributed by atoms with E-state index in [2.05, 4.69) is 53.2 Å². The summed E-state index contributed by atoms with van der Waals surface area (Å²) in [6, 6.07) is 20.3. The van der Waals surface area contributed by atoms with Crippen molar-refractivity contribution < 1.29 is 14.1 Å². The predicted molar refractivity (Wildman–Crippen MR) is 136 cm³/mol. The van der Waals surface area contributed by atoms with Crippen molar-refractivity contribution in [1.82, 2.24) is 14.7 Å². The Morgan fingerprint density at radius 1 is 1.06 bits per heavy atom. The Hall–Kier alpha value is -4.19. The molecular weight excluding hydrogens is 438 g/mol. The molecule has 0 fully saturated rings. The van der Waals surface area contributed by atoms with Crippen LogP contribution >= 0.6 is 0 Å². The second-order valence-corrected chi connectivity index (χ2v) is 8.64. The van der Waals surface area contributed by atoms with Crippen molar-refractivity contribution in [2.45, 2.75) is 33.2 Å². The fraction of sp³-hybridized carbons (Fsp3) is 0.207. The first-order valence-electron chi connectivity index (χ1n) is 11.7. The maximum absolute atomic E-state index is 11.9. The number of pyridine rings is 1. The molecule has 0 spiro atoms. The lowest BCUT2D eigenvalue weighted by atomic mass is 10.0. The number of carbonyl (C=O) groups is 1. The van der Waals surface area contributed by atoms with Crippen LogP contribution in [0, 0.1) is 13.8 Å². The number of aryl methyl sites for hydroxylation is 2. The van der Waals surface area contributed by atoms with E-state index in [-0.39, 0.29) is 12.0 Å². The summed E-state index contributed by atoms with van der Waals surface area (Å²) in [5.41, 5.74) is 8.48. The van der Waals surface area contributed by atoms with Gasteiger partial charge >= 0.3 is 5.97 Å². The highest BCUT2D eigenvalue weighted by atomic mass is 16.5. The number of hydrogen-bond acceptors (Lipinski definition) is 5. The van der Waals surface area contributed by atoms with E-state index in [9.17, 15) is 4.79 Å². The maximum atomic E-state index is 11.9. The molecule has 0 amide bonds. The SMILES string of the molecule is CC[C@H](c1ccccc1)n1cc(-c2ccc(C(=O)OC)cc2)c2ncc(-c3c(C)noc3C)cc21. The van der Waals surface area contributed by atoms with Gasteiger partial charge in [0.15, 0.2) is 0 Å². The van der Waals surface area contributed by atoms with Gasteiger partial charge in [0.05, 0.1) is 35.4 Å². The number of rotatable bonds is 6. The predicted octanol–water partition coefficient (Wildman–Crippen LogP) is 6.76. The van der Waals surface area contributed by atoms with E-state index in [1.807, 2.05) is 38.2 Å². The molecule has 0 radical (unpaired) electrons. The second-order valence-electron chi connectivity index (χ2n) is 8.64. The van der Waals surface area contributed by atoms with Gasteiger partial charge < -0.3 is 13.8 Å². The van der Waals surface area contributed by atoms with E-state index in [1.54, 1.807) is 12.1 Å². The first-order chi connectivity index (χ1) is 17.0. The molecule has 0 N–H and O–H groups in total. The molecule has 0 unspecified atom stereocenters. The van der Waals surface area contributed by atoms with Gasteiger partial charge in [-0.3, -0.25) is 4.98 Å². The molecule has 0 saturated heterocycles. The van der Waals surface area contributed by atoms with Gasteiger partial charge in [0.2, 0.25) is 0 Å². The van der Waals surface area contributed by atoms with Crippen LogP contribution in [0.5, 0.6) is 0 Å². The average molecular weight is 466 g/mol. The monoisotopic (exact) mass is 465 g/mol. The standard InChI is InChI=1S/C29H27N3O3/c1-5-25(21-9-7-6-8-10-21)32-17-24(20-11-13-22(14-12-20)29(33)34-4)28-26(32)15-23(16-30-28)27-18(2)31-35-19(27)3/h6-17,25H,5H2,1-4H3/t25-/m1/s1. The van der Waals surface area contributed by atoms with Gasteiger partial charge in [-0.25, -0.2) is 4.79 Å². The third-order valence-electron chi connectivity index (χ3n) is 6.51. The lowest BCUT2D eigenvalue weighted by molar-refractivity contribution is 0.0600. The molecule has 2 aromatic carbocycles. The van der Waals surface area contributed by atoms with Gasteiger partial charge in [-0.2, -0.15) is 0 Å². The van der Waals surface area contributed by atoms with Crippen LogP contribution in [-0.2, 0) is 4.74 Å². The number of carbonyl (C=O) groups excluding carboxylic acids is 1. The number of aromatic nitrogens is 3. The summed E-state index contributed by atoms with van der Waals surface area (Å²) in [6.45, 7) is 6.06. The zero-order valence-electron chi connectivity index (χ0n) is 20.3. The number of fused-ring (bicyclic) bond motifs is 1. The van der Waals surface area contributed by atoms with E-state index < -0.39 is 0 Å². The Kier molecular flexibility index (Phi) is 5.95. The summed E-state index contributed by atoms with van der Waals surface area (Å²) in [5.74, 6) is 0.423. The number of nitrogens with zero attached hydrogens (tertiary/aromatic N) is 3. The van der Waals surface area contributed by atoms with E-state index in [4.69, 9.17) is 14.2 Å². The summed E-state index contributed by atoms with van der Waals surface area (Å²) in [6.07, 6.45) is 4.97. The maximum Gasteiger partial charge on any atom is 0.337 e. The van der Waals surface area contributed by atoms with Crippen LogP contribution in [0.1, 0.15) is 46.8 Å². The molecule has 6 nitrogen and oxygen atoms in total. The van der Waals surface area contributed by atoms with Gasteiger partial charge in [-0.15, -0.1) is 0 Å². The zero-order valence-corrected chi connectivity index (χ0v) is 20.3. The molecule has 1 atom stereocenters. The Bertz CT molecular complexity index is 1480. The highest BCUT2D eigenvalue weighted by Crippen LogP contribution is 2.37. The van der Waals surface area contributed by atoms with Gasteiger partial charge in [0.25, 0.3) is 0 Å². The number of ether oxygens (including phenoxy) is 1. The molecule has 0 aliphatic heterocycles. The highest BCUT2D eigenvalue weighted by molar-refractivity contribution is 5.96. The number of methoxy groups -OCH3 is 1. The molecule has 35 heavy (non-hydrogen) atoms. The van der Waals surface area contributed by atoms with Gasteiger partial charge in [-0.1, -0.05) is 54.5 Å². The summed E-state index contributed by atoms with van der Waals surface area (Å²) >= 11 is 0. The van der Waals surface area contributed by atoms with Crippen LogP contribution < -0.4 is 0 Å². The lowest BCUT2D eigenvalue weighted by Gasteiger charge is -2.19. The van der Waals surface area contributed by atoms with Crippen LogP contribution in [0.25, 0.3) is 33.3 Å². The molecule has 5 aromatic rings. The summed E-state index contributed by atoms with van der Waals surface area (Å²) in [7, 11) is 1.39. The molecule has 0 bridgehead atoms. The largest absolute Gasteiger partial charge is 0.465 e. The molecule has 176 valence electrons. The quantitative estimate of drug-likeness (QED) is 0.259. The van der Waals surface area contributed by atoms with Crippen molar-refractivity contribution in [2.75, 3.05) is 7.11 Å². The van der Waals surface area contributed by atoms with E-state index in [1.165, 1.54) is 12.7 Å². The smallest absolute Gasteiger partial charge is 0.337 e. The van der Waals surface area contributed by atoms with Crippen molar-refractivity contribution in [3.8, 4) is 22.3 Å².